The summed E-state index contributed by atoms with van der Waals surface area (Å²) in [5.74, 6) is 2.88. The molecule has 4 rings (SSSR count). The van der Waals surface area contributed by atoms with E-state index < -0.39 is 0 Å². The van der Waals surface area contributed by atoms with Gasteiger partial charge in [0.05, 0.1) is 6.26 Å². The van der Waals surface area contributed by atoms with Crippen LogP contribution in [0.1, 0.15) is 47.5 Å². The molecule has 0 N–H and O–H groups in total. The van der Waals surface area contributed by atoms with Gasteiger partial charge in [0, 0.05) is 37.7 Å². The zero-order valence-corrected chi connectivity index (χ0v) is 14.8. The topological polar surface area (TPSA) is 73.4 Å². The highest BCUT2D eigenvalue weighted by Gasteiger charge is 2.30. The molecule has 2 aliphatic rings. The van der Waals surface area contributed by atoms with E-state index in [1.165, 1.54) is 12.8 Å². The minimum atomic E-state index is -0.0553. The summed E-state index contributed by atoms with van der Waals surface area (Å²) in [6, 6.07) is 1.86. The molecule has 2 aromatic heterocycles. The molecular weight excluding hydrogens is 320 g/mol. The molecule has 3 heterocycles. The van der Waals surface area contributed by atoms with Crippen LogP contribution in [0, 0.1) is 12.8 Å². The zero-order valence-electron chi connectivity index (χ0n) is 14.8. The second-order valence-electron chi connectivity index (χ2n) is 7.13. The van der Waals surface area contributed by atoms with Gasteiger partial charge in [-0.25, -0.2) is 0 Å². The molecule has 1 fully saturated rings. The van der Waals surface area contributed by atoms with E-state index in [4.69, 9.17) is 9.15 Å². The molecule has 1 atom stereocenters. The van der Waals surface area contributed by atoms with Gasteiger partial charge in [-0.2, -0.15) is 0 Å². The van der Waals surface area contributed by atoms with Crippen LogP contribution in [-0.4, -0.2) is 44.8 Å². The van der Waals surface area contributed by atoms with Crippen molar-refractivity contribution in [3.8, 4) is 0 Å². The molecule has 0 spiro atoms. The van der Waals surface area contributed by atoms with Gasteiger partial charge in [-0.3, -0.25) is 4.79 Å². The molecule has 0 radical (unpaired) electrons. The highest BCUT2D eigenvalue weighted by molar-refractivity contribution is 5.93. The highest BCUT2D eigenvalue weighted by Crippen LogP contribution is 2.29. The van der Waals surface area contributed by atoms with Crippen LogP contribution in [0.5, 0.6) is 0 Å². The van der Waals surface area contributed by atoms with Crippen LogP contribution in [0.25, 0.3) is 0 Å². The van der Waals surface area contributed by atoms with Gasteiger partial charge >= 0.3 is 0 Å². The Hall–Kier alpha value is -2.15. The Bertz CT molecular complexity index is 762. The minimum Gasteiger partial charge on any atom is -0.459 e. The number of nitrogens with zero attached hydrogens (tertiary/aromatic N) is 4. The standard InChI is InChI=1S/C18H24N4O3/c1-12-5-8-25-17(12)18(23)21-6-7-22-15(9-13(21)2)19-20-16(22)11-24-10-14-3-4-14/h5,8,13-14H,3-4,6-7,9-11H2,1-2H3/t13-/m0/s1. The van der Waals surface area contributed by atoms with Gasteiger partial charge in [-0.15, -0.1) is 10.2 Å². The molecule has 0 aromatic carbocycles. The maximum Gasteiger partial charge on any atom is 0.290 e. The van der Waals surface area contributed by atoms with Crippen LogP contribution in [0.4, 0.5) is 0 Å². The molecule has 134 valence electrons. The Kier molecular flexibility index (Phi) is 4.33. The third-order valence-electron chi connectivity index (χ3n) is 5.08. The summed E-state index contributed by atoms with van der Waals surface area (Å²) in [7, 11) is 0. The predicted octanol–water partition coefficient (Wildman–Crippen LogP) is 2.19. The highest BCUT2D eigenvalue weighted by atomic mass is 16.5. The van der Waals surface area contributed by atoms with E-state index in [9.17, 15) is 4.79 Å². The Labute approximate surface area is 147 Å². The Morgan fingerprint density at radius 1 is 1.36 bits per heavy atom. The summed E-state index contributed by atoms with van der Waals surface area (Å²) in [6.07, 6.45) is 4.80. The lowest BCUT2D eigenvalue weighted by molar-refractivity contribution is 0.0660. The van der Waals surface area contributed by atoms with Crippen LogP contribution in [0.3, 0.4) is 0 Å². The third-order valence-corrected chi connectivity index (χ3v) is 5.08. The van der Waals surface area contributed by atoms with Gasteiger partial charge in [0.25, 0.3) is 5.91 Å². The molecule has 7 heteroatoms. The molecule has 0 bridgehead atoms. The number of fused-ring (bicyclic) bond motifs is 1. The second kappa shape index (κ2) is 6.63. The maximum absolute atomic E-state index is 12.8. The van der Waals surface area contributed by atoms with E-state index in [0.717, 1.165) is 29.7 Å². The van der Waals surface area contributed by atoms with Gasteiger partial charge < -0.3 is 18.6 Å². The van der Waals surface area contributed by atoms with Gasteiger partial charge in [0.2, 0.25) is 0 Å². The van der Waals surface area contributed by atoms with Crippen LogP contribution in [-0.2, 0) is 24.3 Å². The van der Waals surface area contributed by atoms with Crippen molar-refractivity contribution in [3.05, 3.63) is 35.3 Å². The fraction of sp³-hybridized carbons (Fsp3) is 0.611. The lowest BCUT2D eigenvalue weighted by atomic mass is 10.1. The first-order valence-electron chi connectivity index (χ1n) is 8.97. The predicted molar refractivity (Wildman–Crippen MR) is 90.0 cm³/mol. The number of aryl methyl sites for hydroxylation is 1. The van der Waals surface area contributed by atoms with Crippen LogP contribution < -0.4 is 0 Å². The molecule has 7 nitrogen and oxygen atoms in total. The number of carbonyl (C=O) groups excluding carboxylic acids is 1. The zero-order chi connectivity index (χ0) is 17.4. The summed E-state index contributed by atoms with van der Waals surface area (Å²) in [4.78, 5) is 14.7. The quantitative estimate of drug-likeness (QED) is 0.831. The van der Waals surface area contributed by atoms with Crippen molar-refractivity contribution in [3.63, 3.8) is 0 Å². The summed E-state index contributed by atoms with van der Waals surface area (Å²) in [5.41, 5.74) is 0.870. The number of amides is 1. The molecule has 25 heavy (non-hydrogen) atoms. The van der Waals surface area contributed by atoms with Crippen molar-refractivity contribution in [2.24, 2.45) is 5.92 Å². The SMILES string of the molecule is Cc1ccoc1C(=O)N1CCn2c(COCC3CC3)nnc2C[C@@H]1C. The van der Waals surface area contributed by atoms with Crippen molar-refractivity contribution < 1.29 is 13.9 Å². The van der Waals surface area contributed by atoms with Crippen LogP contribution in [0.2, 0.25) is 0 Å². The Balaban J connectivity index is 1.46. The molecule has 0 saturated heterocycles. The summed E-state index contributed by atoms with van der Waals surface area (Å²) in [6.45, 7) is 6.53. The lowest BCUT2D eigenvalue weighted by Crippen LogP contribution is -2.40. The van der Waals surface area contributed by atoms with Gasteiger partial charge in [0.15, 0.2) is 11.6 Å². The minimum absolute atomic E-state index is 0.0442. The first-order chi connectivity index (χ1) is 12.1. The average Bonchev–Trinajstić information content (AvgIpc) is 3.24. The largest absolute Gasteiger partial charge is 0.459 e. The maximum atomic E-state index is 12.8. The van der Waals surface area contributed by atoms with Crippen LogP contribution in [0.15, 0.2) is 16.7 Å². The van der Waals surface area contributed by atoms with Gasteiger partial charge in [-0.05, 0) is 38.7 Å². The van der Waals surface area contributed by atoms with E-state index in [0.29, 0.717) is 31.9 Å². The Morgan fingerprint density at radius 2 is 2.20 bits per heavy atom. The van der Waals surface area contributed by atoms with E-state index in [2.05, 4.69) is 14.8 Å². The molecular formula is C18H24N4O3. The second-order valence-corrected chi connectivity index (χ2v) is 7.13. The van der Waals surface area contributed by atoms with Crippen molar-refractivity contribution in [1.29, 1.82) is 0 Å². The monoisotopic (exact) mass is 344 g/mol. The first kappa shape index (κ1) is 16.3. The van der Waals surface area contributed by atoms with E-state index >= 15 is 0 Å². The number of rotatable bonds is 5. The smallest absolute Gasteiger partial charge is 0.290 e. The number of furan rings is 1. The number of aromatic nitrogens is 3. The average molecular weight is 344 g/mol. The third kappa shape index (κ3) is 3.33. The molecule has 1 amide bonds. The number of ether oxygens (including phenoxy) is 1. The number of hydrogen-bond donors (Lipinski definition) is 0. The van der Waals surface area contributed by atoms with Crippen molar-refractivity contribution in [2.45, 2.75) is 52.3 Å². The van der Waals surface area contributed by atoms with Crippen molar-refractivity contribution >= 4 is 5.91 Å². The lowest BCUT2D eigenvalue weighted by Gasteiger charge is -2.26. The molecule has 1 aliphatic heterocycles. The van der Waals surface area contributed by atoms with Crippen molar-refractivity contribution in [2.75, 3.05) is 13.2 Å². The van der Waals surface area contributed by atoms with E-state index in [-0.39, 0.29) is 11.9 Å². The molecule has 0 unspecified atom stereocenters. The van der Waals surface area contributed by atoms with Crippen molar-refractivity contribution in [1.82, 2.24) is 19.7 Å². The van der Waals surface area contributed by atoms with Gasteiger partial charge in [-0.1, -0.05) is 0 Å². The Morgan fingerprint density at radius 3 is 2.92 bits per heavy atom. The molecule has 1 aliphatic carbocycles. The van der Waals surface area contributed by atoms with Crippen LogP contribution >= 0.6 is 0 Å². The first-order valence-corrected chi connectivity index (χ1v) is 8.97. The molecule has 2 aromatic rings. The summed E-state index contributed by atoms with van der Waals surface area (Å²) < 4.78 is 13.3. The van der Waals surface area contributed by atoms with E-state index in [1.54, 1.807) is 6.26 Å². The molecule has 1 saturated carbocycles. The van der Waals surface area contributed by atoms with Gasteiger partial charge in [0.1, 0.15) is 12.4 Å². The number of carbonyl (C=O) groups is 1. The normalized spacial score (nSPS) is 20.4. The fourth-order valence-electron chi connectivity index (χ4n) is 3.32. The van der Waals surface area contributed by atoms with E-state index in [1.807, 2.05) is 24.8 Å². The fourth-order valence-corrected chi connectivity index (χ4v) is 3.32. The summed E-state index contributed by atoms with van der Waals surface area (Å²) >= 11 is 0. The summed E-state index contributed by atoms with van der Waals surface area (Å²) in [5, 5.41) is 8.62. The number of hydrogen-bond acceptors (Lipinski definition) is 5.